The molecule has 0 radical (unpaired) electrons. The zero-order valence-electron chi connectivity index (χ0n) is 12.3. The van der Waals surface area contributed by atoms with Crippen molar-refractivity contribution in [1.29, 1.82) is 0 Å². The fourth-order valence-corrected chi connectivity index (χ4v) is 3.22. The molecule has 0 saturated carbocycles. The minimum atomic E-state index is -3.49. The van der Waals surface area contributed by atoms with Crippen LogP contribution in [0.4, 0.5) is 5.69 Å². The topological polar surface area (TPSA) is 67.4 Å². The summed E-state index contributed by atoms with van der Waals surface area (Å²) in [5.74, 6) is 0. The zero-order chi connectivity index (χ0) is 15.0. The van der Waals surface area contributed by atoms with Gasteiger partial charge in [-0.3, -0.25) is 0 Å². The highest BCUT2D eigenvalue weighted by molar-refractivity contribution is 7.89. The van der Waals surface area contributed by atoms with Crippen molar-refractivity contribution in [3.63, 3.8) is 0 Å². The summed E-state index contributed by atoms with van der Waals surface area (Å²) in [7, 11) is -1.92. The highest BCUT2D eigenvalue weighted by Crippen LogP contribution is 2.15. The highest BCUT2D eigenvalue weighted by Gasteiger charge is 2.19. The summed E-state index contributed by atoms with van der Waals surface area (Å²) in [6.45, 7) is 5.19. The largest absolute Gasteiger partial charge is 0.385 e. The van der Waals surface area contributed by atoms with Gasteiger partial charge in [0, 0.05) is 25.4 Å². The van der Waals surface area contributed by atoms with Crippen molar-refractivity contribution in [2.24, 2.45) is 0 Å². The molecular weight excluding hydrogens is 276 g/mol. The predicted molar refractivity (Wildman–Crippen MR) is 81.5 cm³/mol. The Morgan fingerprint density at radius 1 is 1.20 bits per heavy atom. The molecule has 6 heteroatoms. The maximum Gasteiger partial charge on any atom is 0.240 e. The van der Waals surface area contributed by atoms with E-state index in [0.717, 1.165) is 25.1 Å². The lowest BCUT2D eigenvalue weighted by Gasteiger charge is -2.17. The lowest BCUT2D eigenvalue weighted by Crippen LogP contribution is -2.37. The van der Waals surface area contributed by atoms with E-state index in [2.05, 4.69) is 10.0 Å². The molecule has 20 heavy (non-hydrogen) atoms. The van der Waals surface area contributed by atoms with Gasteiger partial charge in [-0.25, -0.2) is 13.1 Å². The summed E-state index contributed by atoms with van der Waals surface area (Å²) in [4.78, 5) is 0.274. The second-order valence-electron chi connectivity index (χ2n) is 4.62. The zero-order valence-corrected chi connectivity index (χ0v) is 13.2. The normalized spacial score (nSPS) is 13.2. The predicted octanol–water partition coefficient (Wildman–Crippen LogP) is 2.21. The molecule has 0 bridgehead atoms. The van der Waals surface area contributed by atoms with Crippen molar-refractivity contribution in [2.45, 2.75) is 37.6 Å². The van der Waals surface area contributed by atoms with Crippen LogP contribution in [0.3, 0.4) is 0 Å². The molecule has 5 nitrogen and oxygen atoms in total. The Morgan fingerprint density at radius 3 is 2.35 bits per heavy atom. The third-order valence-corrected chi connectivity index (χ3v) is 4.41. The number of hydrogen-bond donors (Lipinski definition) is 2. The number of sulfonamides is 1. The summed E-state index contributed by atoms with van der Waals surface area (Å²) in [5, 5.41) is 3.13. The van der Waals surface area contributed by atoms with Crippen LogP contribution in [0.25, 0.3) is 0 Å². The molecule has 1 unspecified atom stereocenters. The number of hydrogen-bond acceptors (Lipinski definition) is 4. The third kappa shape index (κ3) is 5.11. The van der Waals surface area contributed by atoms with E-state index in [-0.39, 0.29) is 10.9 Å². The van der Waals surface area contributed by atoms with Crippen molar-refractivity contribution in [1.82, 2.24) is 4.72 Å². The highest BCUT2D eigenvalue weighted by atomic mass is 32.2. The van der Waals surface area contributed by atoms with Crippen LogP contribution in [0, 0.1) is 0 Å². The molecule has 0 amide bonds. The molecule has 1 rings (SSSR count). The molecule has 0 aliphatic rings. The lowest BCUT2D eigenvalue weighted by molar-refractivity contribution is 0.171. The monoisotopic (exact) mass is 300 g/mol. The summed E-state index contributed by atoms with van der Waals surface area (Å²) >= 11 is 0. The molecule has 0 aromatic heterocycles. The molecule has 0 fully saturated rings. The average molecular weight is 300 g/mol. The van der Waals surface area contributed by atoms with E-state index < -0.39 is 10.0 Å². The molecule has 114 valence electrons. The molecule has 0 spiro atoms. The number of ether oxygens (including phenoxy) is 1. The minimum absolute atomic E-state index is 0.191. The Bertz CT molecular complexity index is 480. The second-order valence-corrected chi connectivity index (χ2v) is 6.33. The molecule has 0 saturated heterocycles. The SMILES string of the molecule is CCCC(COC)NS(=O)(=O)c1ccc(NCC)cc1. The van der Waals surface area contributed by atoms with Crippen molar-refractivity contribution >= 4 is 15.7 Å². The van der Waals surface area contributed by atoms with Gasteiger partial charge in [0.25, 0.3) is 0 Å². The quantitative estimate of drug-likeness (QED) is 0.734. The van der Waals surface area contributed by atoms with Crippen molar-refractivity contribution in [2.75, 3.05) is 25.6 Å². The van der Waals surface area contributed by atoms with Crippen molar-refractivity contribution in [3.05, 3.63) is 24.3 Å². The van der Waals surface area contributed by atoms with Gasteiger partial charge in [-0.05, 0) is 37.6 Å². The molecule has 1 atom stereocenters. The average Bonchev–Trinajstić information content (AvgIpc) is 2.40. The van der Waals surface area contributed by atoms with Gasteiger partial charge in [0.1, 0.15) is 0 Å². The van der Waals surface area contributed by atoms with Crippen molar-refractivity contribution < 1.29 is 13.2 Å². The molecule has 1 aromatic rings. The minimum Gasteiger partial charge on any atom is -0.385 e. The summed E-state index contributed by atoms with van der Waals surface area (Å²) in [6.07, 6.45) is 1.65. The Morgan fingerprint density at radius 2 is 1.85 bits per heavy atom. The summed E-state index contributed by atoms with van der Waals surface area (Å²) in [5.41, 5.74) is 0.911. The van der Waals surface area contributed by atoms with E-state index in [1.807, 2.05) is 13.8 Å². The molecular formula is C14H24N2O3S. The smallest absolute Gasteiger partial charge is 0.240 e. The first-order valence-corrected chi connectivity index (χ1v) is 8.37. The van der Waals surface area contributed by atoms with Gasteiger partial charge in [0.15, 0.2) is 0 Å². The molecule has 0 heterocycles. The molecule has 2 N–H and O–H groups in total. The number of benzene rings is 1. The lowest BCUT2D eigenvalue weighted by atomic mass is 10.2. The fraction of sp³-hybridized carbons (Fsp3) is 0.571. The third-order valence-electron chi connectivity index (χ3n) is 2.87. The van der Waals surface area contributed by atoms with Gasteiger partial charge < -0.3 is 10.1 Å². The van der Waals surface area contributed by atoms with Crippen LogP contribution in [-0.4, -0.2) is 34.7 Å². The first-order valence-electron chi connectivity index (χ1n) is 6.88. The van der Waals surface area contributed by atoms with E-state index in [0.29, 0.717) is 6.61 Å². The first-order chi connectivity index (χ1) is 9.53. The van der Waals surface area contributed by atoms with Gasteiger partial charge in [0.05, 0.1) is 11.5 Å². The van der Waals surface area contributed by atoms with E-state index in [4.69, 9.17) is 4.74 Å². The van der Waals surface area contributed by atoms with Gasteiger partial charge in [-0.2, -0.15) is 0 Å². The maximum absolute atomic E-state index is 12.3. The van der Waals surface area contributed by atoms with Crippen LogP contribution in [0.1, 0.15) is 26.7 Å². The van der Waals surface area contributed by atoms with Crippen LogP contribution in [0.2, 0.25) is 0 Å². The number of nitrogens with one attached hydrogen (secondary N) is 2. The van der Waals surface area contributed by atoms with Gasteiger partial charge in [-0.1, -0.05) is 13.3 Å². The van der Waals surface area contributed by atoms with Crippen LogP contribution < -0.4 is 10.0 Å². The summed E-state index contributed by atoms with van der Waals surface area (Å²) < 4.78 is 32.3. The molecule has 0 aliphatic heterocycles. The Balaban J connectivity index is 2.80. The number of anilines is 1. The van der Waals surface area contributed by atoms with Crippen LogP contribution >= 0.6 is 0 Å². The van der Waals surface area contributed by atoms with E-state index in [1.165, 1.54) is 0 Å². The van der Waals surface area contributed by atoms with E-state index in [9.17, 15) is 8.42 Å². The standard InChI is InChI=1S/C14H24N2O3S/c1-4-6-13(11-19-3)16-20(17,18)14-9-7-12(8-10-14)15-5-2/h7-10,13,15-16H,4-6,11H2,1-3H3. The Hall–Kier alpha value is -1.11. The Labute approximate surface area is 121 Å². The Kier molecular flexibility index (Phi) is 6.98. The van der Waals surface area contributed by atoms with Gasteiger partial charge in [0.2, 0.25) is 10.0 Å². The van der Waals surface area contributed by atoms with Gasteiger partial charge in [-0.15, -0.1) is 0 Å². The first kappa shape index (κ1) is 16.9. The van der Waals surface area contributed by atoms with Crippen LogP contribution in [0.5, 0.6) is 0 Å². The van der Waals surface area contributed by atoms with Gasteiger partial charge >= 0.3 is 0 Å². The second kappa shape index (κ2) is 8.24. The molecule has 0 aliphatic carbocycles. The van der Waals surface area contributed by atoms with E-state index in [1.54, 1.807) is 31.4 Å². The van der Waals surface area contributed by atoms with Crippen molar-refractivity contribution in [3.8, 4) is 0 Å². The maximum atomic E-state index is 12.3. The summed E-state index contributed by atoms with van der Waals surface area (Å²) in [6, 6.07) is 6.56. The molecule has 1 aromatic carbocycles. The van der Waals surface area contributed by atoms with Crippen LogP contribution in [0.15, 0.2) is 29.2 Å². The number of rotatable bonds is 9. The van der Waals surface area contributed by atoms with Crippen LogP contribution in [-0.2, 0) is 14.8 Å². The number of methoxy groups -OCH3 is 1. The van der Waals surface area contributed by atoms with E-state index >= 15 is 0 Å². The fourth-order valence-electron chi connectivity index (χ4n) is 1.97.